The molecule has 0 saturated carbocycles. The van der Waals surface area contributed by atoms with E-state index in [1.165, 1.54) is 23.9 Å². The minimum atomic E-state index is -1.07. The van der Waals surface area contributed by atoms with E-state index in [2.05, 4.69) is 5.32 Å². The van der Waals surface area contributed by atoms with Gasteiger partial charge in [-0.1, -0.05) is 12.1 Å². The number of rotatable bonds is 6. The second-order valence-electron chi connectivity index (χ2n) is 3.29. The molecule has 1 aromatic carbocycles. The first-order valence-corrected chi connectivity index (χ1v) is 6.04. The number of carboxylic acid groups (broad SMARTS) is 1. The number of thioether (sulfide) groups is 1. The summed E-state index contributed by atoms with van der Waals surface area (Å²) in [6.07, 6.45) is 0. The first kappa shape index (κ1) is 13.5. The van der Waals surface area contributed by atoms with Crippen LogP contribution in [0, 0.1) is 5.82 Å². The SMILES string of the molecule is O=C(O)CNC(=O)CSCc1ccc(F)cc1. The van der Waals surface area contributed by atoms with E-state index in [9.17, 15) is 14.0 Å². The molecule has 0 aromatic heterocycles. The summed E-state index contributed by atoms with van der Waals surface area (Å²) in [5.74, 6) is -0.912. The Morgan fingerprint density at radius 1 is 1.29 bits per heavy atom. The number of hydrogen-bond acceptors (Lipinski definition) is 3. The summed E-state index contributed by atoms with van der Waals surface area (Å²) >= 11 is 1.34. The lowest BCUT2D eigenvalue weighted by atomic mass is 10.2. The van der Waals surface area contributed by atoms with Crippen LogP contribution >= 0.6 is 11.8 Å². The molecule has 0 radical (unpaired) electrons. The zero-order chi connectivity index (χ0) is 12.7. The van der Waals surface area contributed by atoms with Crippen LogP contribution in [0.3, 0.4) is 0 Å². The van der Waals surface area contributed by atoms with Crippen molar-refractivity contribution in [3.05, 3.63) is 35.6 Å². The third-order valence-corrected chi connectivity index (χ3v) is 2.86. The first-order chi connectivity index (χ1) is 8.08. The molecule has 1 amide bonds. The average Bonchev–Trinajstić information content (AvgIpc) is 2.29. The van der Waals surface area contributed by atoms with E-state index >= 15 is 0 Å². The highest BCUT2D eigenvalue weighted by Crippen LogP contribution is 2.12. The molecule has 1 rings (SSSR count). The summed E-state index contributed by atoms with van der Waals surface area (Å²) < 4.78 is 12.6. The van der Waals surface area contributed by atoms with Gasteiger partial charge in [0, 0.05) is 5.75 Å². The Balaban J connectivity index is 2.21. The minimum Gasteiger partial charge on any atom is -0.480 e. The lowest BCUT2D eigenvalue weighted by molar-refractivity contribution is -0.137. The number of hydrogen-bond donors (Lipinski definition) is 2. The standard InChI is InChI=1S/C11H12FNO3S/c12-9-3-1-8(2-4-9)6-17-7-10(14)13-5-11(15)16/h1-4H,5-7H2,(H,13,14)(H,15,16). The molecule has 92 valence electrons. The minimum absolute atomic E-state index is 0.185. The van der Waals surface area contributed by atoms with Crippen LogP contribution in [0.1, 0.15) is 5.56 Å². The Hall–Kier alpha value is -1.56. The topological polar surface area (TPSA) is 66.4 Å². The van der Waals surface area contributed by atoms with Crippen molar-refractivity contribution in [2.24, 2.45) is 0 Å². The highest BCUT2D eigenvalue weighted by atomic mass is 32.2. The molecule has 0 unspecified atom stereocenters. The maximum Gasteiger partial charge on any atom is 0.322 e. The molecule has 2 N–H and O–H groups in total. The number of halogens is 1. The van der Waals surface area contributed by atoms with Crippen LogP contribution in [0.15, 0.2) is 24.3 Å². The molecule has 0 atom stereocenters. The van der Waals surface area contributed by atoms with Crippen molar-refractivity contribution < 1.29 is 19.1 Å². The third kappa shape index (κ3) is 5.91. The van der Waals surface area contributed by atoms with Crippen LogP contribution in [-0.2, 0) is 15.3 Å². The fourth-order valence-corrected chi connectivity index (χ4v) is 1.89. The lowest BCUT2D eigenvalue weighted by Gasteiger charge is -2.02. The van der Waals surface area contributed by atoms with Gasteiger partial charge >= 0.3 is 5.97 Å². The summed E-state index contributed by atoms with van der Waals surface area (Å²) in [6, 6.07) is 6.02. The molecule has 0 aliphatic rings. The third-order valence-electron chi connectivity index (χ3n) is 1.85. The van der Waals surface area contributed by atoms with Gasteiger partial charge in [-0.25, -0.2) is 4.39 Å². The lowest BCUT2D eigenvalue weighted by Crippen LogP contribution is -2.30. The van der Waals surface area contributed by atoms with Gasteiger partial charge in [-0.3, -0.25) is 9.59 Å². The van der Waals surface area contributed by atoms with Crippen molar-refractivity contribution in [3.63, 3.8) is 0 Å². The molecule has 0 bridgehead atoms. The van der Waals surface area contributed by atoms with Crippen molar-refractivity contribution in [1.29, 1.82) is 0 Å². The predicted octanol–water partition coefficient (Wildman–Crippen LogP) is 1.26. The molecule has 17 heavy (non-hydrogen) atoms. The van der Waals surface area contributed by atoms with Crippen LogP contribution in [0.25, 0.3) is 0 Å². The Morgan fingerprint density at radius 3 is 2.53 bits per heavy atom. The van der Waals surface area contributed by atoms with E-state index in [4.69, 9.17) is 5.11 Å². The molecular formula is C11H12FNO3S. The second-order valence-corrected chi connectivity index (χ2v) is 4.28. The monoisotopic (exact) mass is 257 g/mol. The maximum atomic E-state index is 12.6. The molecule has 0 aliphatic carbocycles. The Bertz CT molecular complexity index is 394. The van der Waals surface area contributed by atoms with Crippen LogP contribution in [-0.4, -0.2) is 29.3 Å². The summed E-state index contributed by atoms with van der Waals surface area (Å²) in [6.45, 7) is -0.365. The number of nitrogens with one attached hydrogen (secondary N) is 1. The molecule has 0 aliphatic heterocycles. The highest BCUT2D eigenvalue weighted by molar-refractivity contribution is 7.99. The average molecular weight is 257 g/mol. The smallest absolute Gasteiger partial charge is 0.322 e. The van der Waals surface area contributed by atoms with E-state index in [1.807, 2.05) is 0 Å². The number of carboxylic acids is 1. The molecule has 0 heterocycles. The summed E-state index contributed by atoms with van der Waals surface area (Å²) in [4.78, 5) is 21.3. The second kappa shape index (κ2) is 6.90. The van der Waals surface area contributed by atoms with Crippen molar-refractivity contribution in [2.75, 3.05) is 12.3 Å². The molecule has 0 saturated heterocycles. The Kier molecular flexibility index (Phi) is 5.48. The fourth-order valence-electron chi connectivity index (χ4n) is 1.07. The summed E-state index contributed by atoms with van der Waals surface area (Å²) in [5, 5.41) is 10.6. The number of carbonyl (C=O) groups is 2. The zero-order valence-corrected chi connectivity index (χ0v) is 9.80. The van der Waals surface area contributed by atoms with Gasteiger partial charge < -0.3 is 10.4 Å². The molecule has 0 fully saturated rings. The normalized spacial score (nSPS) is 9.94. The van der Waals surface area contributed by atoms with Crippen molar-refractivity contribution in [2.45, 2.75) is 5.75 Å². The molecule has 6 heteroatoms. The van der Waals surface area contributed by atoms with E-state index in [0.717, 1.165) is 5.56 Å². The van der Waals surface area contributed by atoms with E-state index in [1.54, 1.807) is 12.1 Å². The van der Waals surface area contributed by atoms with Gasteiger partial charge in [-0.2, -0.15) is 0 Å². The van der Waals surface area contributed by atoms with Gasteiger partial charge in [0.05, 0.1) is 5.75 Å². The van der Waals surface area contributed by atoms with Gasteiger partial charge in [-0.05, 0) is 17.7 Å². The quantitative estimate of drug-likeness (QED) is 0.805. The van der Waals surface area contributed by atoms with Crippen LogP contribution < -0.4 is 5.32 Å². The maximum absolute atomic E-state index is 12.6. The van der Waals surface area contributed by atoms with Gasteiger partial charge in [0.1, 0.15) is 12.4 Å². The molecule has 1 aromatic rings. The number of aliphatic carboxylic acids is 1. The zero-order valence-electron chi connectivity index (χ0n) is 8.98. The van der Waals surface area contributed by atoms with Crippen LogP contribution in [0.4, 0.5) is 4.39 Å². The summed E-state index contributed by atoms with van der Waals surface area (Å²) in [7, 11) is 0. The van der Waals surface area contributed by atoms with Crippen molar-refractivity contribution in [1.82, 2.24) is 5.32 Å². The van der Waals surface area contributed by atoms with Gasteiger partial charge in [0.15, 0.2) is 0 Å². The Morgan fingerprint density at radius 2 is 1.94 bits per heavy atom. The largest absolute Gasteiger partial charge is 0.480 e. The van der Waals surface area contributed by atoms with Gasteiger partial charge in [-0.15, -0.1) is 11.8 Å². The van der Waals surface area contributed by atoms with Gasteiger partial charge in [0.25, 0.3) is 0 Å². The number of amides is 1. The molecule has 4 nitrogen and oxygen atoms in total. The number of benzene rings is 1. The first-order valence-electron chi connectivity index (χ1n) is 4.88. The highest BCUT2D eigenvalue weighted by Gasteiger charge is 2.04. The Labute approximate surface area is 102 Å². The van der Waals surface area contributed by atoms with Gasteiger partial charge in [0.2, 0.25) is 5.91 Å². The predicted molar refractivity (Wildman–Crippen MR) is 63.2 cm³/mol. The number of carbonyl (C=O) groups excluding carboxylic acids is 1. The van der Waals surface area contributed by atoms with Crippen LogP contribution in [0.2, 0.25) is 0 Å². The fraction of sp³-hybridized carbons (Fsp3) is 0.273. The van der Waals surface area contributed by atoms with E-state index in [0.29, 0.717) is 5.75 Å². The van der Waals surface area contributed by atoms with Crippen LogP contribution in [0.5, 0.6) is 0 Å². The van der Waals surface area contributed by atoms with Crippen molar-refractivity contribution in [3.8, 4) is 0 Å². The molecular weight excluding hydrogens is 245 g/mol. The van der Waals surface area contributed by atoms with E-state index in [-0.39, 0.29) is 24.0 Å². The van der Waals surface area contributed by atoms with Crippen molar-refractivity contribution >= 4 is 23.6 Å². The molecule has 0 spiro atoms. The summed E-state index contributed by atoms with van der Waals surface area (Å²) in [5.41, 5.74) is 0.919. The van der Waals surface area contributed by atoms with E-state index < -0.39 is 5.97 Å².